The van der Waals surface area contributed by atoms with Crippen LogP contribution in [0.5, 0.6) is 0 Å². The van der Waals surface area contributed by atoms with Crippen LogP contribution in [0.3, 0.4) is 0 Å². The van der Waals surface area contributed by atoms with Crippen molar-refractivity contribution in [3.63, 3.8) is 0 Å². The number of Topliss-reactive ketones (excluding diaryl/α,β-unsaturated/α-hetero) is 1. The highest BCUT2D eigenvalue weighted by atomic mass is 32.2. The molecule has 6 nitrogen and oxygen atoms in total. The summed E-state index contributed by atoms with van der Waals surface area (Å²) in [6.07, 6.45) is 0. The molecule has 0 radical (unpaired) electrons. The van der Waals surface area contributed by atoms with Crippen molar-refractivity contribution >= 4 is 45.7 Å². The van der Waals surface area contributed by atoms with Crippen LogP contribution in [-0.2, 0) is 11.3 Å². The van der Waals surface area contributed by atoms with Gasteiger partial charge < -0.3 is 5.32 Å². The van der Waals surface area contributed by atoms with Crippen molar-refractivity contribution in [1.82, 2.24) is 14.9 Å². The Bertz CT molecular complexity index is 1420. The number of aryl methyl sites for hydroxylation is 2. The van der Waals surface area contributed by atoms with E-state index >= 15 is 0 Å². The number of amides is 1. The van der Waals surface area contributed by atoms with E-state index in [4.69, 9.17) is 4.98 Å². The Morgan fingerprint density at radius 3 is 2.64 bits per heavy atom. The Hall–Kier alpha value is -3.23. The van der Waals surface area contributed by atoms with Gasteiger partial charge in [0.05, 0.1) is 33.8 Å². The van der Waals surface area contributed by atoms with Crippen molar-refractivity contribution in [2.24, 2.45) is 0 Å². The van der Waals surface area contributed by atoms with Crippen LogP contribution in [0, 0.1) is 13.8 Å². The average molecular weight is 478 g/mol. The third kappa shape index (κ3) is 5.07. The number of hydrogen-bond acceptors (Lipinski definition) is 6. The fraction of sp³-hybridized carbons (Fsp3) is 0.200. The third-order valence-electron chi connectivity index (χ3n) is 5.12. The SMILES string of the molecule is CC(=O)NCc1ccc(C(=O)CSc2nc3ccccc3c(=O)n2-c2ccc(C)cc2C)s1. The first-order valence-electron chi connectivity index (χ1n) is 10.4. The van der Waals surface area contributed by atoms with Crippen LogP contribution in [0.15, 0.2) is 64.5 Å². The largest absolute Gasteiger partial charge is 0.351 e. The fourth-order valence-corrected chi connectivity index (χ4v) is 5.38. The minimum Gasteiger partial charge on any atom is -0.351 e. The quantitative estimate of drug-likeness (QED) is 0.238. The maximum Gasteiger partial charge on any atom is 0.266 e. The Morgan fingerprint density at radius 1 is 1.09 bits per heavy atom. The van der Waals surface area contributed by atoms with Gasteiger partial charge in [-0.1, -0.05) is 41.6 Å². The third-order valence-corrected chi connectivity index (χ3v) is 7.18. The van der Waals surface area contributed by atoms with Crippen molar-refractivity contribution in [3.05, 3.63) is 85.8 Å². The predicted molar refractivity (Wildman–Crippen MR) is 134 cm³/mol. The molecule has 33 heavy (non-hydrogen) atoms. The summed E-state index contributed by atoms with van der Waals surface area (Å²) >= 11 is 2.62. The first-order valence-corrected chi connectivity index (χ1v) is 12.2. The molecule has 4 aromatic rings. The van der Waals surface area contributed by atoms with Crippen LogP contribution in [0.1, 0.15) is 32.6 Å². The lowest BCUT2D eigenvalue weighted by Crippen LogP contribution is -2.23. The highest BCUT2D eigenvalue weighted by Gasteiger charge is 2.17. The average Bonchev–Trinajstić information content (AvgIpc) is 3.26. The summed E-state index contributed by atoms with van der Waals surface area (Å²) < 4.78 is 1.60. The smallest absolute Gasteiger partial charge is 0.266 e. The van der Waals surface area contributed by atoms with Crippen LogP contribution >= 0.6 is 23.1 Å². The number of nitrogens with one attached hydrogen (secondary N) is 1. The highest BCUT2D eigenvalue weighted by Crippen LogP contribution is 2.26. The molecule has 0 aliphatic carbocycles. The van der Waals surface area contributed by atoms with Crippen molar-refractivity contribution in [3.8, 4) is 5.69 Å². The molecule has 0 saturated heterocycles. The number of hydrogen-bond donors (Lipinski definition) is 1. The van der Waals surface area contributed by atoms with E-state index in [-0.39, 0.29) is 23.0 Å². The second kappa shape index (κ2) is 9.72. The summed E-state index contributed by atoms with van der Waals surface area (Å²) in [4.78, 5) is 43.7. The number of fused-ring (bicyclic) bond motifs is 1. The minimum absolute atomic E-state index is 0.0475. The van der Waals surface area contributed by atoms with Gasteiger partial charge in [0, 0.05) is 11.8 Å². The maximum absolute atomic E-state index is 13.4. The van der Waals surface area contributed by atoms with Gasteiger partial charge in [-0.2, -0.15) is 0 Å². The second-order valence-electron chi connectivity index (χ2n) is 7.73. The summed E-state index contributed by atoms with van der Waals surface area (Å²) in [5.74, 6) is -0.0114. The molecule has 168 valence electrons. The first-order chi connectivity index (χ1) is 15.8. The van der Waals surface area contributed by atoms with Crippen LogP contribution in [-0.4, -0.2) is 27.0 Å². The van der Waals surface area contributed by atoms with Crippen molar-refractivity contribution in [1.29, 1.82) is 0 Å². The fourth-order valence-electron chi connectivity index (χ4n) is 3.51. The van der Waals surface area contributed by atoms with Gasteiger partial charge in [0.1, 0.15) is 0 Å². The standard InChI is InChI=1S/C25H23N3O3S2/c1-15-8-10-21(16(2)12-15)28-24(31)19-6-4-5-7-20(19)27-25(28)32-14-22(30)23-11-9-18(33-23)13-26-17(3)29/h4-12H,13-14H2,1-3H3,(H,26,29). The van der Waals surface area contributed by atoms with Crippen molar-refractivity contribution < 1.29 is 9.59 Å². The number of carbonyl (C=O) groups is 2. The summed E-state index contributed by atoms with van der Waals surface area (Å²) in [7, 11) is 0. The van der Waals surface area contributed by atoms with Gasteiger partial charge in [-0.15, -0.1) is 11.3 Å². The predicted octanol–water partition coefficient (Wildman–Crippen LogP) is 4.68. The number of aromatic nitrogens is 2. The van der Waals surface area contributed by atoms with E-state index in [9.17, 15) is 14.4 Å². The second-order valence-corrected chi connectivity index (χ2v) is 9.84. The summed E-state index contributed by atoms with van der Waals surface area (Å²) in [6.45, 7) is 5.83. The van der Waals surface area contributed by atoms with Gasteiger partial charge in [0.2, 0.25) is 5.91 Å². The number of nitrogens with zero attached hydrogens (tertiary/aromatic N) is 2. The zero-order valence-electron chi connectivity index (χ0n) is 18.5. The Labute approximate surface area is 199 Å². The topological polar surface area (TPSA) is 81.1 Å². The van der Waals surface area contributed by atoms with E-state index < -0.39 is 0 Å². The molecule has 0 atom stereocenters. The number of rotatable bonds is 7. The zero-order valence-corrected chi connectivity index (χ0v) is 20.2. The first kappa shape index (κ1) is 22.9. The lowest BCUT2D eigenvalue weighted by atomic mass is 10.1. The molecule has 0 saturated carbocycles. The Kier molecular flexibility index (Phi) is 6.76. The number of benzene rings is 2. The van der Waals surface area contributed by atoms with Gasteiger partial charge in [-0.25, -0.2) is 4.98 Å². The molecule has 0 aliphatic rings. The minimum atomic E-state index is -0.156. The van der Waals surface area contributed by atoms with E-state index in [2.05, 4.69) is 5.32 Å². The normalized spacial score (nSPS) is 11.0. The molecule has 0 bridgehead atoms. The van der Waals surface area contributed by atoms with Crippen LogP contribution in [0.2, 0.25) is 0 Å². The van der Waals surface area contributed by atoms with Crippen LogP contribution in [0.25, 0.3) is 16.6 Å². The molecule has 1 amide bonds. The number of carbonyl (C=O) groups excluding carboxylic acids is 2. The molecule has 4 rings (SSSR count). The van der Waals surface area contributed by atoms with E-state index in [0.29, 0.717) is 27.5 Å². The van der Waals surface area contributed by atoms with Gasteiger partial charge in [-0.05, 0) is 49.7 Å². The van der Waals surface area contributed by atoms with E-state index in [1.165, 1.54) is 30.0 Å². The zero-order chi connectivity index (χ0) is 23.5. The molecule has 2 heterocycles. The summed E-state index contributed by atoms with van der Waals surface area (Å²) in [6, 6.07) is 16.8. The lowest BCUT2D eigenvalue weighted by molar-refractivity contribution is -0.119. The van der Waals surface area contributed by atoms with Crippen molar-refractivity contribution in [2.75, 3.05) is 5.75 Å². The summed E-state index contributed by atoms with van der Waals surface area (Å²) in [5.41, 5.74) is 3.27. The van der Waals surface area contributed by atoms with E-state index in [0.717, 1.165) is 21.7 Å². The van der Waals surface area contributed by atoms with Gasteiger partial charge in [0.15, 0.2) is 10.9 Å². The molecule has 0 aliphatic heterocycles. The van der Waals surface area contributed by atoms with Gasteiger partial charge in [-0.3, -0.25) is 19.0 Å². The van der Waals surface area contributed by atoms with Gasteiger partial charge in [0.25, 0.3) is 5.56 Å². The molecular formula is C25H23N3O3S2. The van der Waals surface area contributed by atoms with Gasteiger partial charge >= 0.3 is 0 Å². The Balaban J connectivity index is 1.66. The monoisotopic (exact) mass is 477 g/mol. The van der Waals surface area contributed by atoms with Crippen LogP contribution < -0.4 is 10.9 Å². The lowest BCUT2D eigenvalue weighted by Gasteiger charge is -2.15. The van der Waals surface area contributed by atoms with E-state index in [1.807, 2.05) is 56.3 Å². The number of thioether (sulfide) groups is 1. The maximum atomic E-state index is 13.4. The van der Waals surface area contributed by atoms with E-state index in [1.54, 1.807) is 16.7 Å². The molecule has 2 aromatic carbocycles. The number of para-hydroxylation sites is 1. The molecular weight excluding hydrogens is 454 g/mol. The molecule has 0 fully saturated rings. The Morgan fingerprint density at radius 2 is 1.88 bits per heavy atom. The number of thiophene rings is 1. The molecule has 1 N–H and O–H groups in total. The molecule has 0 spiro atoms. The highest BCUT2D eigenvalue weighted by molar-refractivity contribution is 7.99. The summed E-state index contributed by atoms with van der Waals surface area (Å²) in [5, 5.41) is 3.75. The van der Waals surface area contributed by atoms with Crippen molar-refractivity contribution in [2.45, 2.75) is 32.5 Å². The molecule has 0 unspecified atom stereocenters. The van der Waals surface area contributed by atoms with Crippen LogP contribution in [0.4, 0.5) is 0 Å². The molecule has 8 heteroatoms. The number of ketones is 1. The molecule has 2 aromatic heterocycles.